The molecule has 0 saturated carbocycles. The molecule has 3 N–H and O–H groups in total. The number of imidazole rings is 1. The molecule has 0 bridgehead atoms. The van der Waals surface area contributed by atoms with Crippen molar-refractivity contribution in [3.63, 3.8) is 0 Å². The highest BCUT2D eigenvalue weighted by Crippen LogP contribution is 2.29. The third-order valence-corrected chi connectivity index (χ3v) is 8.93. The van der Waals surface area contributed by atoms with Crippen LogP contribution in [0.25, 0.3) is 10.8 Å². The van der Waals surface area contributed by atoms with E-state index in [1.54, 1.807) is 41.5 Å². The molecular formula is C30H33Cl2N3O8S2. The third-order valence-electron chi connectivity index (χ3n) is 6.47. The van der Waals surface area contributed by atoms with Crippen LogP contribution in [0.15, 0.2) is 83.1 Å². The Morgan fingerprint density at radius 2 is 1.40 bits per heavy atom. The standard InChI is InChI=1S/C20H25Cl2N3O2.C10H8O6S2/c1-20(2,3)11-14(7-8-15(26)12-25-10-9-23-13-25)24-19(27)18-16(21)5-4-6-17(18)22;11-17(12,13)9-5-1-3-7-8(9)4-2-6-10(7)18(14,15)16/h4-6,9-10,13-14H,7-8,11-12H2,1-3H3,(H,24,27);1-6H,(H,11,12,13)(H,14,15,16). The van der Waals surface area contributed by atoms with Crippen LogP contribution in [-0.2, 0) is 31.6 Å². The number of Topliss-reactive ketones (excluding diaryl/α,β-unsaturated/α-hetero) is 1. The maximum Gasteiger partial charge on any atom is 0.295 e. The number of hydrogen-bond acceptors (Lipinski definition) is 7. The number of carbonyl (C=O) groups is 2. The number of nitrogens with zero attached hydrogens (tertiary/aromatic N) is 2. The Morgan fingerprint density at radius 1 is 0.889 bits per heavy atom. The fourth-order valence-corrected chi connectivity index (χ4v) is 6.62. The Kier molecular flexibility index (Phi) is 11.9. The SMILES string of the molecule is CC(C)(C)CC(CCC(=O)Cn1ccnc1)NC(=O)c1c(Cl)cccc1Cl.O=S(=O)(O)c1cccc2c(S(=O)(=O)O)cccc12. The molecule has 0 radical (unpaired) electrons. The summed E-state index contributed by atoms with van der Waals surface area (Å²) in [5.41, 5.74) is 0.264. The van der Waals surface area contributed by atoms with Crippen LogP contribution in [0.2, 0.25) is 10.0 Å². The van der Waals surface area contributed by atoms with Gasteiger partial charge in [-0.3, -0.25) is 18.7 Å². The fraction of sp³-hybridized carbons (Fsp3) is 0.300. The number of ketones is 1. The van der Waals surface area contributed by atoms with Gasteiger partial charge in [-0.15, -0.1) is 0 Å². The fourth-order valence-electron chi connectivity index (χ4n) is 4.64. The molecule has 1 heterocycles. The Hall–Kier alpha value is -3.33. The summed E-state index contributed by atoms with van der Waals surface area (Å²) >= 11 is 12.3. The Morgan fingerprint density at radius 3 is 1.84 bits per heavy atom. The number of benzene rings is 3. The molecule has 242 valence electrons. The van der Waals surface area contributed by atoms with Gasteiger partial charge in [0, 0.05) is 35.6 Å². The second-order valence-corrected chi connectivity index (χ2v) is 15.0. The summed E-state index contributed by atoms with van der Waals surface area (Å²) in [5.74, 6) is -0.223. The Balaban J connectivity index is 0.000000265. The van der Waals surface area contributed by atoms with E-state index in [0.717, 1.165) is 18.6 Å². The Bertz CT molecular complexity index is 1800. The number of amides is 1. The second kappa shape index (κ2) is 14.8. The molecule has 0 aliphatic rings. The number of rotatable bonds is 10. The molecule has 15 heteroatoms. The van der Waals surface area contributed by atoms with Crippen LogP contribution in [0, 0.1) is 5.41 Å². The van der Waals surface area contributed by atoms with Crippen LogP contribution in [-0.4, -0.2) is 53.2 Å². The topological polar surface area (TPSA) is 173 Å². The molecule has 1 atom stereocenters. The lowest BCUT2D eigenvalue weighted by atomic mass is 9.86. The van der Waals surface area contributed by atoms with E-state index in [9.17, 15) is 26.4 Å². The predicted molar refractivity (Wildman–Crippen MR) is 172 cm³/mol. The lowest BCUT2D eigenvalue weighted by Gasteiger charge is -2.27. The van der Waals surface area contributed by atoms with Crippen LogP contribution >= 0.6 is 23.2 Å². The molecule has 11 nitrogen and oxygen atoms in total. The minimum Gasteiger partial charge on any atom is -0.349 e. The average molecular weight is 699 g/mol. The van der Waals surface area contributed by atoms with Crippen molar-refractivity contribution in [1.29, 1.82) is 0 Å². The number of carbonyl (C=O) groups excluding carboxylic acids is 2. The van der Waals surface area contributed by atoms with E-state index in [-0.39, 0.29) is 46.0 Å². The highest BCUT2D eigenvalue weighted by molar-refractivity contribution is 7.86. The zero-order chi connectivity index (χ0) is 33.6. The van der Waals surface area contributed by atoms with Gasteiger partial charge in [0.1, 0.15) is 9.79 Å². The lowest BCUT2D eigenvalue weighted by molar-refractivity contribution is -0.119. The molecule has 0 aliphatic carbocycles. The third kappa shape index (κ3) is 10.6. The summed E-state index contributed by atoms with van der Waals surface area (Å²) in [7, 11) is -8.94. The van der Waals surface area contributed by atoms with Crippen molar-refractivity contribution in [1.82, 2.24) is 14.9 Å². The molecule has 0 spiro atoms. The van der Waals surface area contributed by atoms with Crippen molar-refractivity contribution in [2.24, 2.45) is 5.41 Å². The van der Waals surface area contributed by atoms with Gasteiger partial charge < -0.3 is 9.88 Å². The first-order valence-corrected chi connectivity index (χ1v) is 17.2. The van der Waals surface area contributed by atoms with Gasteiger partial charge in [0.05, 0.1) is 28.5 Å². The lowest BCUT2D eigenvalue weighted by Crippen LogP contribution is -2.38. The minimum atomic E-state index is -4.47. The number of fused-ring (bicyclic) bond motifs is 1. The van der Waals surface area contributed by atoms with E-state index in [1.165, 1.54) is 24.3 Å². The van der Waals surface area contributed by atoms with Gasteiger partial charge in [0.25, 0.3) is 26.1 Å². The normalized spacial score (nSPS) is 12.7. The molecule has 0 fully saturated rings. The maximum absolute atomic E-state index is 12.7. The van der Waals surface area contributed by atoms with Gasteiger partial charge in [-0.25, -0.2) is 4.98 Å². The molecule has 45 heavy (non-hydrogen) atoms. The van der Waals surface area contributed by atoms with Crippen LogP contribution in [0.3, 0.4) is 0 Å². The summed E-state index contributed by atoms with van der Waals surface area (Å²) in [6, 6.07) is 12.3. The van der Waals surface area contributed by atoms with E-state index >= 15 is 0 Å². The number of nitrogens with one attached hydrogen (secondary N) is 1. The van der Waals surface area contributed by atoms with Gasteiger partial charge in [0.2, 0.25) is 0 Å². The van der Waals surface area contributed by atoms with Crippen molar-refractivity contribution < 1.29 is 35.5 Å². The summed E-state index contributed by atoms with van der Waals surface area (Å²) < 4.78 is 64.4. The van der Waals surface area contributed by atoms with E-state index in [4.69, 9.17) is 32.3 Å². The van der Waals surface area contributed by atoms with Gasteiger partial charge in [0.15, 0.2) is 5.78 Å². The van der Waals surface area contributed by atoms with E-state index in [0.29, 0.717) is 22.9 Å². The summed E-state index contributed by atoms with van der Waals surface area (Å²) in [6.07, 6.45) is 6.67. The predicted octanol–water partition coefficient (Wildman–Crippen LogP) is 6.11. The smallest absolute Gasteiger partial charge is 0.295 e. The first-order chi connectivity index (χ1) is 20.9. The summed E-state index contributed by atoms with van der Waals surface area (Å²) in [5, 5.41) is 3.67. The highest BCUT2D eigenvalue weighted by Gasteiger charge is 2.24. The van der Waals surface area contributed by atoms with E-state index in [1.807, 2.05) is 0 Å². The monoisotopic (exact) mass is 697 g/mol. The molecule has 3 aromatic carbocycles. The van der Waals surface area contributed by atoms with Crippen molar-refractivity contribution in [2.75, 3.05) is 0 Å². The second-order valence-electron chi connectivity index (χ2n) is 11.4. The van der Waals surface area contributed by atoms with E-state index < -0.39 is 30.0 Å². The molecule has 1 aromatic heterocycles. The van der Waals surface area contributed by atoms with Gasteiger partial charge >= 0.3 is 0 Å². The zero-order valence-electron chi connectivity index (χ0n) is 24.6. The molecule has 0 aliphatic heterocycles. The zero-order valence-corrected chi connectivity index (χ0v) is 27.8. The average Bonchev–Trinajstić information content (AvgIpc) is 3.42. The summed E-state index contributed by atoms with van der Waals surface area (Å²) in [6.45, 7) is 6.58. The number of aromatic nitrogens is 2. The maximum atomic E-state index is 12.7. The van der Waals surface area contributed by atoms with Gasteiger partial charge in [-0.1, -0.05) is 74.3 Å². The molecule has 4 aromatic rings. The van der Waals surface area contributed by atoms with Crippen molar-refractivity contribution in [3.05, 3.63) is 88.9 Å². The quantitative estimate of drug-likeness (QED) is 0.165. The molecule has 1 unspecified atom stereocenters. The number of hydrogen-bond donors (Lipinski definition) is 3. The molecule has 4 rings (SSSR count). The van der Waals surface area contributed by atoms with Crippen LogP contribution < -0.4 is 5.32 Å². The first-order valence-electron chi connectivity index (χ1n) is 13.6. The largest absolute Gasteiger partial charge is 0.349 e. The van der Waals surface area contributed by atoms with Crippen molar-refractivity contribution in [3.8, 4) is 0 Å². The van der Waals surface area contributed by atoms with E-state index in [2.05, 4.69) is 31.1 Å². The van der Waals surface area contributed by atoms with Crippen molar-refractivity contribution in [2.45, 2.75) is 62.4 Å². The molecule has 1 amide bonds. The molecule has 0 saturated heterocycles. The van der Waals surface area contributed by atoms with Crippen LogP contribution in [0.4, 0.5) is 0 Å². The van der Waals surface area contributed by atoms with Crippen molar-refractivity contribution >= 4 is 65.9 Å². The summed E-state index contributed by atoms with van der Waals surface area (Å²) in [4.78, 5) is 28.1. The Labute approximate surface area is 272 Å². The molecular weight excluding hydrogens is 665 g/mol. The minimum absolute atomic E-state index is 0.00435. The first kappa shape index (κ1) is 36.1. The van der Waals surface area contributed by atoms with Gasteiger partial charge in [-0.05, 0) is 42.5 Å². The van der Waals surface area contributed by atoms with Crippen LogP contribution in [0.5, 0.6) is 0 Å². The van der Waals surface area contributed by atoms with Crippen LogP contribution in [0.1, 0.15) is 50.4 Å². The van der Waals surface area contributed by atoms with Gasteiger partial charge in [-0.2, -0.15) is 16.8 Å². The number of halogens is 2. The highest BCUT2D eigenvalue weighted by atomic mass is 35.5.